The Hall–Kier alpha value is -3.28. The third-order valence-electron chi connectivity index (χ3n) is 4.14. The highest BCUT2D eigenvalue weighted by Crippen LogP contribution is 2.28. The first-order valence-corrected chi connectivity index (χ1v) is 9.25. The lowest BCUT2D eigenvalue weighted by molar-refractivity contribution is 0.354. The molecule has 0 aliphatic rings. The van der Waals surface area contributed by atoms with Gasteiger partial charge in [-0.1, -0.05) is 36.4 Å². The van der Waals surface area contributed by atoms with Crippen molar-refractivity contribution >= 4 is 11.8 Å². The average Bonchev–Trinajstić information content (AvgIpc) is 2.72. The molecule has 0 bridgehead atoms. The van der Waals surface area contributed by atoms with E-state index in [-0.39, 0.29) is 6.04 Å². The Morgan fingerprint density at radius 2 is 1.64 bits per heavy atom. The Bertz CT molecular complexity index is 914. The van der Waals surface area contributed by atoms with E-state index in [9.17, 15) is 0 Å². The van der Waals surface area contributed by atoms with E-state index in [0.29, 0.717) is 24.0 Å². The Kier molecular flexibility index (Phi) is 6.32. The van der Waals surface area contributed by atoms with Crippen molar-refractivity contribution in [2.75, 3.05) is 24.9 Å². The lowest BCUT2D eigenvalue weighted by Crippen LogP contribution is -2.14. The van der Waals surface area contributed by atoms with Crippen LogP contribution in [-0.4, -0.2) is 30.2 Å². The number of aromatic nitrogens is 2. The smallest absolute Gasteiger partial charge is 0.225 e. The van der Waals surface area contributed by atoms with Crippen molar-refractivity contribution in [3.63, 3.8) is 0 Å². The minimum atomic E-state index is 0.240. The standard InChI is InChI=1S/C22H26N4O2/c1-15(2)24-22-25-18(17-8-6-5-7-9-17)13-21(26-22)23-14-16-10-11-19(27-3)20(12-16)28-4/h5-13,15H,14H2,1-4H3,(H2,23,24,25,26). The molecule has 1 aromatic heterocycles. The number of hydrogen-bond donors (Lipinski definition) is 2. The van der Waals surface area contributed by atoms with E-state index in [4.69, 9.17) is 9.47 Å². The Labute approximate surface area is 166 Å². The van der Waals surface area contributed by atoms with E-state index in [0.717, 1.165) is 22.6 Å². The van der Waals surface area contributed by atoms with Crippen LogP contribution in [0.5, 0.6) is 11.5 Å². The van der Waals surface area contributed by atoms with Gasteiger partial charge in [-0.25, -0.2) is 4.98 Å². The molecule has 0 aliphatic heterocycles. The molecule has 2 aromatic carbocycles. The number of methoxy groups -OCH3 is 2. The fourth-order valence-corrected chi connectivity index (χ4v) is 2.80. The van der Waals surface area contributed by atoms with Crippen LogP contribution in [0.25, 0.3) is 11.3 Å². The summed E-state index contributed by atoms with van der Waals surface area (Å²) in [5.74, 6) is 2.78. The second-order valence-corrected chi connectivity index (χ2v) is 6.67. The molecule has 0 unspecified atom stereocenters. The maximum Gasteiger partial charge on any atom is 0.225 e. The largest absolute Gasteiger partial charge is 0.493 e. The van der Waals surface area contributed by atoms with Crippen molar-refractivity contribution in [2.45, 2.75) is 26.4 Å². The molecule has 6 nitrogen and oxygen atoms in total. The third-order valence-corrected chi connectivity index (χ3v) is 4.14. The summed E-state index contributed by atoms with van der Waals surface area (Å²) in [6, 6.07) is 18.1. The molecule has 1 heterocycles. The van der Waals surface area contributed by atoms with Gasteiger partial charge in [-0.2, -0.15) is 4.98 Å². The van der Waals surface area contributed by atoms with Crippen molar-refractivity contribution in [1.29, 1.82) is 0 Å². The fourth-order valence-electron chi connectivity index (χ4n) is 2.80. The summed E-state index contributed by atoms with van der Waals surface area (Å²) in [6.07, 6.45) is 0. The minimum Gasteiger partial charge on any atom is -0.493 e. The van der Waals surface area contributed by atoms with Crippen LogP contribution in [0.1, 0.15) is 19.4 Å². The molecule has 0 saturated carbocycles. The average molecular weight is 378 g/mol. The zero-order valence-corrected chi connectivity index (χ0v) is 16.7. The number of nitrogens with one attached hydrogen (secondary N) is 2. The SMILES string of the molecule is COc1ccc(CNc2cc(-c3ccccc3)nc(NC(C)C)n2)cc1OC. The maximum atomic E-state index is 5.38. The monoisotopic (exact) mass is 378 g/mol. The lowest BCUT2D eigenvalue weighted by atomic mass is 10.1. The van der Waals surface area contributed by atoms with Gasteiger partial charge in [0.25, 0.3) is 0 Å². The number of ether oxygens (including phenoxy) is 2. The lowest BCUT2D eigenvalue weighted by Gasteiger charge is -2.14. The summed E-state index contributed by atoms with van der Waals surface area (Å²) in [7, 11) is 3.26. The molecule has 0 amide bonds. The molecule has 0 radical (unpaired) electrons. The molecular weight excluding hydrogens is 352 g/mol. The van der Waals surface area contributed by atoms with Gasteiger partial charge in [-0.3, -0.25) is 0 Å². The van der Waals surface area contributed by atoms with Gasteiger partial charge in [-0.15, -0.1) is 0 Å². The van der Waals surface area contributed by atoms with Crippen LogP contribution in [0.4, 0.5) is 11.8 Å². The zero-order valence-electron chi connectivity index (χ0n) is 16.7. The fraction of sp³-hybridized carbons (Fsp3) is 0.273. The quantitative estimate of drug-likeness (QED) is 0.597. The normalized spacial score (nSPS) is 10.6. The summed E-state index contributed by atoms with van der Waals surface area (Å²) in [4.78, 5) is 9.25. The van der Waals surface area contributed by atoms with Crippen LogP contribution in [0.2, 0.25) is 0 Å². The van der Waals surface area contributed by atoms with E-state index in [1.807, 2.05) is 54.6 Å². The maximum absolute atomic E-state index is 5.38. The molecule has 28 heavy (non-hydrogen) atoms. The molecule has 0 aliphatic carbocycles. The molecule has 6 heteroatoms. The highest BCUT2D eigenvalue weighted by Gasteiger charge is 2.09. The van der Waals surface area contributed by atoms with Gasteiger partial charge < -0.3 is 20.1 Å². The molecular formula is C22H26N4O2. The van der Waals surface area contributed by atoms with Crippen molar-refractivity contribution in [3.05, 3.63) is 60.2 Å². The molecule has 0 atom stereocenters. The summed E-state index contributed by atoms with van der Waals surface area (Å²) < 4.78 is 10.7. The number of rotatable bonds is 8. The molecule has 146 valence electrons. The molecule has 0 fully saturated rings. The summed E-state index contributed by atoms with van der Waals surface area (Å²) >= 11 is 0. The molecule has 2 N–H and O–H groups in total. The second-order valence-electron chi connectivity index (χ2n) is 6.67. The van der Waals surface area contributed by atoms with Crippen molar-refractivity contribution in [1.82, 2.24) is 9.97 Å². The predicted octanol–water partition coefficient (Wildman–Crippen LogP) is 4.59. The first kappa shape index (κ1) is 19.5. The topological polar surface area (TPSA) is 68.3 Å². The number of anilines is 2. The van der Waals surface area contributed by atoms with Crippen LogP contribution >= 0.6 is 0 Å². The number of benzene rings is 2. The second kappa shape index (κ2) is 9.08. The van der Waals surface area contributed by atoms with Gasteiger partial charge >= 0.3 is 0 Å². The van der Waals surface area contributed by atoms with Crippen LogP contribution < -0.4 is 20.1 Å². The van der Waals surface area contributed by atoms with Crippen LogP contribution in [0.3, 0.4) is 0 Å². The van der Waals surface area contributed by atoms with E-state index < -0.39 is 0 Å². The number of nitrogens with zero attached hydrogens (tertiary/aromatic N) is 2. The molecule has 0 spiro atoms. The summed E-state index contributed by atoms with van der Waals surface area (Å²) in [6.45, 7) is 4.73. The van der Waals surface area contributed by atoms with Crippen molar-refractivity contribution < 1.29 is 9.47 Å². The number of hydrogen-bond acceptors (Lipinski definition) is 6. The Balaban J connectivity index is 1.84. The van der Waals surface area contributed by atoms with Gasteiger partial charge in [0, 0.05) is 24.2 Å². The first-order valence-electron chi connectivity index (χ1n) is 9.25. The zero-order chi connectivity index (χ0) is 19.9. The van der Waals surface area contributed by atoms with Gasteiger partial charge in [0.1, 0.15) is 5.82 Å². The summed E-state index contributed by atoms with van der Waals surface area (Å²) in [5, 5.41) is 6.67. The van der Waals surface area contributed by atoms with Crippen molar-refractivity contribution in [2.24, 2.45) is 0 Å². The molecule has 3 rings (SSSR count). The van der Waals surface area contributed by atoms with Crippen LogP contribution in [0, 0.1) is 0 Å². The van der Waals surface area contributed by atoms with Crippen LogP contribution in [-0.2, 0) is 6.54 Å². The van der Waals surface area contributed by atoms with Gasteiger partial charge in [0.15, 0.2) is 11.5 Å². The van der Waals surface area contributed by atoms with E-state index in [2.05, 4.69) is 34.4 Å². The van der Waals surface area contributed by atoms with Gasteiger partial charge in [0.2, 0.25) is 5.95 Å². The van der Waals surface area contributed by atoms with Crippen LogP contribution in [0.15, 0.2) is 54.6 Å². The molecule has 0 saturated heterocycles. The van der Waals surface area contributed by atoms with E-state index in [1.165, 1.54) is 0 Å². The third kappa shape index (κ3) is 4.91. The highest BCUT2D eigenvalue weighted by atomic mass is 16.5. The van der Waals surface area contributed by atoms with Gasteiger partial charge in [0.05, 0.1) is 19.9 Å². The van der Waals surface area contributed by atoms with Crippen molar-refractivity contribution in [3.8, 4) is 22.8 Å². The van der Waals surface area contributed by atoms with Gasteiger partial charge in [-0.05, 0) is 31.5 Å². The van der Waals surface area contributed by atoms with E-state index in [1.54, 1.807) is 14.2 Å². The first-order chi connectivity index (χ1) is 13.6. The Morgan fingerprint density at radius 3 is 2.32 bits per heavy atom. The highest BCUT2D eigenvalue weighted by molar-refractivity contribution is 5.64. The predicted molar refractivity (Wildman–Crippen MR) is 113 cm³/mol. The molecule has 3 aromatic rings. The summed E-state index contributed by atoms with van der Waals surface area (Å²) in [5.41, 5.74) is 2.98. The van der Waals surface area contributed by atoms with E-state index >= 15 is 0 Å². The minimum absolute atomic E-state index is 0.240. The Morgan fingerprint density at radius 1 is 0.893 bits per heavy atom.